The van der Waals surface area contributed by atoms with Gasteiger partial charge in [-0.2, -0.15) is 0 Å². The topological polar surface area (TPSA) is 0 Å². The number of rotatable bonds is 4. The maximum absolute atomic E-state index is 2.57. The van der Waals surface area contributed by atoms with Gasteiger partial charge in [-0.15, -0.1) is 0 Å². The molecule has 0 amide bonds. The summed E-state index contributed by atoms with van der Waals surface area (Å²) < 4.78 is 0. The molecule has 0 radical (unpaired) electrons. The van der Waals surface area contributed by atoms with Crippen LogP contribution in [0.3, 0.4) is 0 Å². The zero-order chi connectivity index (χ0) is 21.8. The highest BCUT2D eigenvalue weighted by Gasteiger charge is 2.51. The number of allylic oxidation sites excluding steroid dienone is 1. The van der Waals surface area contributed by atoms with Crippen molar-refractivity contribution < 1.29 is 0 Å². The molecular formula is C33H40. The van der Waals surface area contributed by atoms with Crippen LogP contribution >= 0.6 is 0 Å². The summed E-state index contributed by atoms with van der Waals surface area (Å²) in [7, 11) is 0. The lowest BCUT2D eigenvalue weighted by Crippen LogP contribution is -2.48. The summed E-state index contributed by atoms with van der Waals surface area (Å²) >= 11 is 0. The molecule has 172 valence electrons. The van der Waals surface area contributed by atoms with Crippen molar-refractivity contribution in [2.24, 2.45) is 23.7 Å². The molecular weight excluding hydrogens is 396 g/mol. The van der Waals surface area contributed by atoms with Crippen LogP contribution in [0.2, 0.25) is 0 Å². The van der Waals surface area contributed by atoms with E-state index in [-0.39, 0.29) is 0 Å². The van der Waals surface area contributed by atoms with Gasteiger partial charge >= 0.3 is 0 Å². The highest BCUT2D eigenvalue weighted by atomic mass is 14.6. The fraction of sp³-hybridized carbons (Fsp3) is 0.576. The molecule has 33 heavy (non-hydrogen) atoms. The SMILES string of the molecule is C1=C(CC2CCCCCC2)Cc2cccc(-c3ccc(C45CC6CC(CC(C6)C4)C5)cc3)c21. The fourth-order valence-electron chi connectivity index (χ4n) is 9.23. The summed E-state index contributed by atoms with van der Waals surface area (Å²) in [5, 5.41) is 0. The van der Waals surface area contributed by atoms with Gasteiger partial charge in [-0.3, -0.25) is 0 Å². The van der Waals surface area contributed by atoms with Gasteiger partial charge in [-0.1, -0.05) is 92.6 Å². The number of fused-ring (bicyclic) bond motifs is 1. The first-order valence-corrected chi connectivity index (χ1v) is 14.2. The molecule has 0 aliphatic heterocycles. The molecule has 5 fully saturated rings. The van der Waals surface area contributed by atoms with Gasteiger partial charge < -0.3 is 0 Å². The standard InChI is InChI=1S/C33H40/c1-2-4-7-23(6-3-1)14-24-18-29-8-5-9-31(32(29)19-24)28-10-12-30(13-11-28)33-20-25-15-26(21-33)17-27(16-25)22-33/h5,8-13,19,23,25-27H,1-4,6-7,14-18,20-22H2. The van der Waals surface area contributed by atoms with Gasteiger partial charge in [0.05, 0.1) is 0 Å². The quantitative estimate of drug-likeness (QED) is 0.419. The summed E-state index contributed by atoms with van der Waals surface area (Å²) in [5.41, 5.74) is 9.81. The third kappa shape index (κ3) is 3.73. The summed E-state index contributed by atoms with van der Waals surface area (Å²) in [5.74, 6) is 3.98. The van der Waals surface area contributed by atoms with E-state index in [9.17, 15) is 0 Å². The zero-order valence-electron chi connectivity index (χ0n) is 20.3. The Morgan fingerprint density at radius 3 is 2.06 bits per heavy atom. The van der Waals surface area contributed by atoms with Crippen molar-refractivity contribution in [1.29, 1.82) is 0 Å². The van der Waals surface area contributed by atoms with E-state index in [0.29, 0.717) is 5.41 Å². The normalized spacial score (nSPS) is 33.1. The van der Waals surface area contributed by atoms with E-state index in [1.54, 1.807) is 16.7 Å². The Balaban J connectivity index is 1.14. The first-order chi connectivity index (χ1) is 16.2. The zero-order valence-corrected chi connectivity index (χ0v) is 20.3. The third-order valence-corrected chi connectivity index (χ3v) is 10.3. The van der Waals surface area contributed by atoms with Crippen LogP contribution in [0.25, 0.3) is 17.2 Å². The second-order valence-corrected chi connectivity index (χ2v) is 12.7. The molecule has 0 spiro atoms. The van der Waals surface area contributed by atoms with E-state index in [0.717, 1.165) is 23.7 Å². The van der Waals surface area contributed by atoms with Crippen molar-refractivity contribution in [3.8, 4) is 11.1 Å². The van der Waals surface area contributed by atoms with Gasteiger partial charge in [-0.25, -0.2) is 0 Å². The molecule has 0 saturated heterocycles. The van der Waals surface area contributed by atoms with Crippen LogP contribution in [-0.2, 0) is 11.8 Å². The van der Waals surface area contributed by atoms with Crippen molar-refractivity contribution in [2.75, 3.05) is 0 Å². The number of hydrogen-bond donors (Lipinski definition) is 0. The third-order valence-electron chi connectivity index (χ3n) is 10.3. The molecule has 0 heteroatoms. The molecule has 6 aliphatic carbocycles. The first-order valence-electron chi connectivity index (χ1n) is 14.2. The maximum Gasteiger partial charge on any atom is -0.00391 e. The van der Waals surface area contributed by atoms with Crippen molar-refractivity contribution in [3.05, 3.63) is 64.7 Å². The molecule has 0 N–H and O–H groups in total. The van der Waals surface area contributed by atoms with Crippen LogP contribution in [0.4, 0.5) is 0 Å². The van der Waals surface area contributed by atoms with Gasteiger partial charge in [-0.05, 0) is 108 Å². The second-order valence-electron chi connectivity index (χ2n) is 12.7. The largest absolute Gasteiger partial charge is 0.0649 e. The molecule has 0 nitrogen and oxygen atoms in total. The molecule has 0 unspecified atom stereocenters. The van der Waals surface area contributed by atoms with Crippen LogP contribution in [0, 0.1) is 23.7 Å². The van der Waals surface area contributed by atoms with E-state index >= 15 is 0 Å². The van der Waals surface area contributed by atoms with Crippen molar-refractivity contribution in [1.82, 2.24) is 0 Å². The van der Waals surface area contributed by atoms with Crippen molar-refractivity contribution >= 4 is 6.08 Å². The lowest BCUT2D eigenvalue weighted by molar-refractivity contribution is -0.00518. The molecule has 0 atom stereocenters. The molecule has 2 aromatic rings. The monoisotopic (exact) mass is 436 g/mol. The van der Waals surface area contributed by atoms with Gasteiger partial charge in [0, 0.05) is 0 Å². The summed E-state index contributed by atoms with van der Waals surface area (Å²) in [6.45, 7) is 0. The van der Waals surface area contributed by atoms with Gasteiger partial charge in [0.25, 0.3) is 0 Å². The van der Waals surface area contributed by atoms with Gasteiger partial charge in [0.15, 0.2) is 0 Å². The maximum atomic E-state index is 2.57. The average molecular weight is 437 g/mol. The highest BCUT2D eigenvalue weighted by Crippen LogP contribution is 2.60. The Bertz CT molecular complexity index is 1010. The van der Waals surface area contributed by atoms with Crippen molar-refractivity contribution in [3.63, 3.8) is 0 Å². The Labute approximate surface area is 200 Å². The minimum absolute atomic E-state index is 0.512. The molecule has 0 heterocycles. The summed E-state index contributed by atoms with van der Waals surface area (Å²) in [6, 6.07) is 17.0. The molecule has 6 aliphatic rings. The van der Waals surface area contributed by atoms with E-state index in [1.807, 2.05) is 0 Å². The predicted molar refractivity (Wildman–Crippen MR) is 139 cm³/mol. The average Bonchev–Trinajstić information content (AvgIpc) is 3.05. The molecule has 2 aromatic carbocycles. The Hall–Kier alpha value is -1.82. The molecule has 5 saturated carbocycles. The Morgan fingerprint density at radius 2 is 1.39 bits per heavy atom. The van der Waals surface area contributed by atoms with E-state index in [2.05, 4.69) is 48.5 Å². The van der Waals surface area contributed by atoms with E-state index in [4.69, 9.17) is 0 Å². The number of hydrogen-bond acceptors (Lipinski definition) is 0. The van der Waals surface area contributed by atoms with Crippen LogP contribution in [0.5, 0.6) is 0 Å². The predicted octanol–water partition coefficient (Wildman–Crippen LogP) is 9.12. The fourth-order valence-corrected chi connectivity index (χ4v) is 9.23. The number of benzene rings is 2. The Morgan fingerprint density at radius 1 is 0.727 bits per heavy atom. The van der Waals surface area contributed by atoms with Crippen LogP contribution in [-0.4, -0.2) is 0 Å². The van der Waals surface area contributed by atoms with Gasteiger partial charge in [0.2, 0.25) is 0 Å². The van der Waals surface area contributed by atoms with E-state index in [1.165, 1.54) is 107 Å². The molecule has 4 bridgehead atoms. The minimum atomic E-state index is 0.512. The molecule has 8 rings (SSSR count). The summed E-state index contributed by atoms with van der Waals surface area (Å²) in [4.78, 5) is 0. The summed E-state index contributed by atoms with van der Waals surface area (Å²) in [6.07, 6.45) is 22.8. The Kier molecular flexibility index (Phi) is 5.07. The minimum Gasteiger partial charge on any atom is -0.0649 e. The second kappa shape index (κ2) is 8.14. The van der Waals surface area contributed by atoms with Crippen LogP contribution < -0.4 is 0 Å². The van der Waals surface area contributed by atoms with Crippen molar-refractivity contribution in [2.45, 2.75) is 95.3 Å². The lowest BCUT2D eigenvalue weighted by atomic mass is 9.48. The first kappa shape index (κ1) is 20.5. The van der Waals surface area contributed by atoms with Crippen LogP contribution in [0.15, 0.2) is 48.0 Å². The van der Waals surface area contributed by atoms with Gasteiger partial charge in [0.1, 0.15) is 0 Å². The smallest absolute Gasteiger partial charge is 0.00391 e. The highest BCUT2D eigenvalue weighted by molar-refractivity contribution is 5.81. The van der Waals surface area contributed by atoms with Crippen LogP contribution in [0.1, 0.15) is 100 Å². The van der Waals surface area contributed by atoms with E-state index < -0.39 is 0 Å². The molecule has 0 aromatic heterocycles. The lowest BCUT2D eigenvalue weighted by Gasteiger charge is -2.57.